The van der Waals surface area contributed by atoms with Gasteiger partial charge in [0.15, 0.2) is 0 Å². The zero-order valence-corrected chi connectivity index (χ0v) is 10.7. The average molecular weight is 219 g/mol. The Balaban J connectivity index is 0. The maximum Gasteiger partial charge on any atom is 2.00 e. The van der Waals surface area contributed by atoms with Gasteiger partial charge in [0.05, 0.1) is 0 Å². The molecule has 0 aromatic rings. The van der Waals surface area contributed by atoms with Gasteiger partial charge in [0.1, 0.15) is 0 Å². The van der Waals surface area contributed by atoms with E-state index in [1.807, 2.05) is 0 Å². The van der Waals surface area contributed by atoms with Gasteiger partial charge in [0, 0.05) is 0 Å². The van der Waals surface area contributed by atoms with Crippen LogP contribution >= 0.6 is 0 Å². The minimum absolute atomic E-state index is 0. The number of rotatable bonds is 0. The Bertz CT molecular complexity index is 224. The van der Waals surface area contributed by atoms with Crippen molar-refractivity contribution < 1.29 is 34.1 Å². The van der Waals surface area contributed by atoms with E-state index in [-0.39, 0.29) is 39.5 Å². The molecule has 0 N–H and O–H groups in total. The Kier molecular flexibility index (Phi) is 5.80. The second-order valence-corrected chi connectivity index (χ2v) is 3.62. The van der Waals surface area contributed by atoms with Crippen LogP contribution in [0.15, 0.2) is 16.7 Å². The van der Waals surface area contributed by atoms with Crippen LogP contribution in [0.2, 0.25) is 0 Å². The SMILES string of the molecule is CC1=[C-]C(C)(C)C(C)=C1C.[Cl-].[Ti+2]. The van der Waals surface area contributed by atoms with Crippen LogP contribution in [-0.4, -0.2) is 0 Å². The first kappa shape index (κ1) is 15.0. The summed E-state index contributed by atoms with van der Waals surface area (Å²) in [5.74, 6) is 0. The van der Waals surface area contributed by atoms with E-state index in [1.165, 1.54) is 16.7 Å². The van der Waals surface area contributed by atoms with Crippen molar-refractivity contribution in [2.45, 2.75) is 34.6 Å². The van der Waals surface area contributed by atoms with E-state index >= 15 is 0 Å². The van der Waals surface area contributed by atoms with Gasteiger partial charge < -0.3 is 12.4 Å². The van der Waals surface area contributed by atoms with Gasteiger partial charge in [0.2, 0.25) is 0 Å². The van der Waals surface area contributed by atoms with Crippen molar-refractivity contribution in [2.24, 2.45) is 5.41 Å². The fourth-order valence-electron chi connectivity index (χ4n) is 1.41. The molecule has 2 heteroatoms. The summed E-state index contributed by atoms with van der Waals surface area (Å²) < 4.78 is 0. The molecule has 1 aliphatic carbocycles. The van der Waals surface area contributed by atoms with Crippen molar-refractivity contribution in [1.82, 2.24) is 0 Å². The van der Waals surface area contributed by atoms with Crippen LogP contribution in [-0.2, 0) is 21.7 Å². The van der Waals surface area contributed by atoms with Crippen molar-refractivity contribution in [1.29, 1.82) is 0 Å². The van der Waals surface area contributed by atoms with Crippen LogP contribution in [0.1, 0.15) is 34.6 Å². The molecule has 0 radical (unpaired) electrons. The summed E-state index contributed by atoms with van der Waals surface area (Å²) in [6, 6.07) is 0. The van der Waals surface area contributed by atoms with Gasteiger partial charge in [-0.1, -0.05) is 33.1 Å². The maximum atomic E-state index is 3.44. The molecule has 0 aromatic carbocycles. The Hall–Kier alpha value is 0.484. The Morgan fingerprint density at radius 3 is 1.58 bits per heavy atom. The zero-order chi connectivity index (χ0) is 7.94. The van der Waals surface area contributed by atoms with Gasteiger partial charge >= 0.3 is 21.7 Å². The summed E-state index contributed by atoms with van der Waals surface area (Å²) in [7, 11) is 0. The van der Waals surface area contributed by atoms with Crippen LogP contribution in [0.4, 0.5) is 0 Å². The number of allylic oxidation sites excluding steroid dienone is 4. The Morgan fingerprint density at radius 2 is 1.50 bits per heavy atom. The van der Waals surface area contributed by atoms with Gasteiger partial charge in [-0.15, -0.1) is 6.92 Å². The predicted molar refractivity (Wildman–Crippen MR) is 44.6 cm³/mol. The quantitative estimate of drug-likeness (QED) is 0.400. The fourth-order valence-corrected chi connectivity index (χ4v) is 1.41. The maximum absolute atomic E-state index is 3.44. The van der Waals surface area contributed by atoms with Gasteiger partial charge in [-0.25, -0.2) is 5.57 Å². The van der Waals surface area contributed by atoms with Gasteiger partial charge in [-0.05, 0) is 0 Å². The smallest absolute Gasteiger partial charge is 1.00 e. The standard InChI is InChI=1S/C10H15.ClH.Ti/c1-7-6-10(4,5)9(3)8(7)2;;/h1-5H3;1H;/q-1;;+2/p-1. The summed E-state index contributed by atoms with van der Waals surface area (Å²) in [6.07, 6.45) is 3.44. The third-order valence-corrected chi connectivity index (χ3v) is 2.56. The summed E-state index contributed by atoms with van der Waals surface area (Å²) in [4.78, 5) is 0. The van der Waals surface area contributed by atoms with Crippen molar-refractivity contribution in [3.63, 3.8) is 0 Å². The van der Waals surface area contributed by atoms with Crippen LogP contribution in [0.25, 0.3) is 0 Å². The summed E-state index contributed by atoms with van der Waals surface area (Å²) in [6.45, 7) is 10.9. The third kappa shape index (κ3) is 2.48. The van der Waals surface area contributed by atoms with Crippen molar-refractivity contribution in [3.8, 4) is 0 Å². The van der Waals surface area contributed by atoms with Crippen molar-refractivity contribution >= 4 is 0 Å². The first-order valence-corrected chi connectivity index (χ1v) is 3.75. The molecule has 66 valence electrons. The molecule has 0 saturated heterocycles. The first-order chi connectivity index (χ1) is 4.45. The van der Waals surface area contributed by atoms with Crippen LogP contribution in [0, 0.1) is 11.5 Å². The molecule has 0 spiro atoms. The molecule has 0 fully saturated rings. The molecule has 0 aromatic heterocycles. The zero-order valence-electron chi connectivity index (χ0n) is 8.38. The second kappa shape index (κ2) is 4.65. The van der Waals surface area contributed by atoms with E-state index in [4.69, 9.17) is 0 Å². The third-order valence-electron chi connectivity index (χ3n) is 2.56. The molecule has 12 heavy (non-hydrogen) atoms. The van der Waals surface area contributed by atoms with E-state index in [0.29, 0.717) is 0 Å². The molecular weight excluding hydrogens is 203 g/mol. The van der Waals surface area contributed by atoms with Gasteiger partial charge in [0.25, 0.3) is 0 Å². The van der Waals surface area contributed by atoms with Crippen LogP contribution in [0.5, 0.6) is 0 Å². The van der Waals surface area contributed by atoms with Gasteiger partial charge in [-0.3, -0.25) is 6.08 Å². The predicted octanol–water partition coefficient (Wildman–Crippen LogP) is 0.114. The molecule has 0 heterocycles. The average Bonchev–Trinajstić information content (AvgIpc) is 1.95. The molecular formula is C10H15ClTi. The second-order valence-electron chi connectivity index (χ2n) is 3.62. The molecule has 0 bridgehead atoms. The molecule has 1 aliphatic rings. The normalized spacial score (nSPS) is 19.6. The van der Waals surface area contributed by atoms with Crippen LogP contribution in [0.3, 0.4) is 0 Å². The number of hydrogen-bond donors (Lipinski definition) is 0. The van der Waals surface area contributed by atoms with Crippen molar-refractivity contribution in [3.05, 3.63) is 22.8 Å². The Labute approximate surface area is 96.8 Å². The van der Waals surface area contributed by atoms with E-state index < -0.39 is 0 Å². The summed E-state index contributed by atoms with van der Waals surface area (Å²) >= 11 is 0. The van der Waals surface area contributed by atoms with Gasteiger partial charge in [-0.2, -0.15) is 11.1 Å². The number of hydrogen-bond acceptors (Lipinski definition) is 0. The largest absolute Gasteiger partial charge is 2.00 e. The number of halogens is 1. The molecule has 1 rings (SSSR count). The molecule has 0 amide bonds. The summed E-state index contributed by atoms with van der Waals surface area (Å²) in [5.41, 5.74) is 4.39. The minimum atomic E-state index is 0. The monoisotopic (exact) mass is 218 g/mol. The fraction of sp³-hybridized carbons (Fsp3) is 0.600. The molecule has 0 saturated carbocycles. The van der Waals surface area contributed by atoms with Crippen LogP contribution < -0.4 is 12.4 Å². The van der Waals surface area contributed by atoms with E-state index in [9.17, 15) is 0 Å². The molecule has 0 unspecified atom stereocenters. The summed E-state index contributed by atoms with van der Waals surface area (Å²) in [5, 5.41) is 0. The Morgan fingerprint density at radius 1 is 1.08 bits per heavy atom. The molecule has 0 atom stereocenters. The minimum Gasteiger partial charge on any atom is -1.00 e. The van der Waals surface area contributed by atoms with E-state index in [1.54, 1.807) is 0 Å². The topological polar surface area (TPSA) is 0 Å². The molecule has 0 nitrogen and oxygen atoms in total. The first-order valence-electron chi connectivity index (χ1n) is 3.75. The van der Waals surface area contributed by atoms with E-state index in [2.05, 4.69) is 40.7 Å². The van der Waals surface area contributed by atoms with Crippen molar-refractivity contribution in [2.75, 3.05) is 0 Å². The molecule has 0 aliphatic heterocycles. The van der Waals surface area contributed by atoms with E-state index in [0.717, 1.165) is 0 Å².